The molecule has 0 radical (unpaired) electrons. The highest BCUT2D eigenvalue weighted by Gasteiger charge is 2.30. The monoisotopic (exact) mass is 320 g/mol. The molecule has 0 N–H and O–H groups in total. The van der Waals surface area contributed by atoms with E-state index in [-0.39, 0.29) is 0 Å². The number of benzene rings is 1. The summed E-state index contributed by atoms with van der Waals surface area (Å²) < 4.78 is 37.8. The third-order valence-electron chi connectivity index (χ3n) is 4.36. The smallest absolute Gasteiger partial charge is 0.298 e. The Morgan fingerprint density at radius 1 is 1.13 bits per heavy atom. The van der Waals surface area contributed by atoms with Crippen molar-refractivity contribution in [2.75, 3.05) is 13.6 Å². The van der Waals surface area contributed by atoms with Gasteiger partial charge in [0.1, 0.15) is 0 Å². The molecular weight excluding hydrogens is 301 g/mol. The molecule has 1 aromatic heterocycles. The lowest BCUT2D eigenvalue weighted by Gasteiger charge is -2.19. The van der Waals surface area contributed by atoms with E-state index in [4.69, 9.17) is 4.98 Å². The molecule has 1 atom stereocenters. The molecular formula is C18H19F3N2. The molecule has 0 saturated carbocycles. The van der Waals surface area contributed by atoms with Crippen molar-refractivity contribution in [2.45, 2.75) is 31.5 Å². The SMILES string of the molecule is CN1CCC[C@H]1c1cccc(Cc2ccc(C(F)(F)F)cc2)n1. The van der Waals surface area contributed by atoms with E-state index >= 15 is 0 Å². The molecule has 122 valence electrons. The Labute approximate surface area is 134 Å². The lowest BCUT2D eigenvalue weighted by atomic mass is 10.1. The molecule has 0 bridgehead atoms. The Morgan fingerprint density at radius 2 is 1.87 bits per heavy atom. The van der Waals surface area contributed by atoms with Gasteiger partial charge in [-0.3, -0.25) is 9.88 Å². The zero-order valence-electron chi connectivity index (χ0n) is 13.0. The molecule has 0 spiro atoms. The van der Waals surface area contributed by atoms with Crippen molar-refractivity contribution < 1.29 is 13.2 Å². The van der Waals surface area contributed by atoms with Gasteiger partial charge in [0.2, 0.25) is 0 Å². The van der Waals surface area contributed by atoms with Crippen LogP contribution < -0.4 is 0 Å². The van der Waals surface area contributed by atoms with E-state index in [9.17, 15) is 13.2 Å². The lowest BCUT2D eigenvalue weighted by molar-refractivity contribution is -0.137. The Kier molecular flexibility index (Phi) is 4.39. The van der Waals surface area contributed by atoms with Crippen LogP contribution in [0.25, 0.3) is 0 Å². The van der Waals surface area contributed by atoms with Crippen molar-refractivity contribution >= 4 is 0 Å². The topological polar surface area (TPSA) is 16.1 Å². The third-order valence-corrected chi connectivity index (χ3v) is 4.36. The number of pyridine rings is 1. The fourth-order valence-electron chi connectivity index (χ4n) is 3.09. The molecule has 2 aromatic rings. The summed E-state index contributed by atoms with van der Waals surface area (Å²) >= 11 is 0. The van der Waals surface area contributed by atoms with Gasteiger partial charge in [-0.05, 0) is 56.3 Å². The first-order valence-electron chi connectivity index (χ1n) is 7.76. The highest BCUT2D eigenvalue weighted by molar-refractivity contribution is 5.28. The van der Waals surface area contributed by atoms with Gasteiger partial charge in [0.05, 0.1) is 17.3 Å². The Morgan fingerprint density at radius 3 is 2.48 bits per heavy atom. The largest absolute Gasteiger partial charge is 0.416 e. The molecule has 1 aliphatic heterocycles. The molecule has 1 aromatic carbocycles. The summed E-state index contributed by atoms with van der Waals surface area (Å²) in [5.74, 6) is 0. The Balaban J connectivity index is 1.75. The van der Waals surface area contributed by atoms with Gasteiger partial charge in [-0.1, -0.05) is 18.2 Å². The van der Waals surface area contributed by atoms with E-state index < -0.39 is 11.7 Å². The van der Waals surface area contributed by atoms with Crippen LogP contribution in [0.3, 0.4) is 0 Å². The fraction of sp³-hybridized carbons (Fsp3) is 0.389. The van der Waals surface area contributed by atoms with Gasteiger partial charge >= 0.3 is 6.18 Å². The number of likely N-dealkylation sites (tertiary alicyclic amines) is 1. The summed E-state index contributed by atoms with van der Waals surface area (Å²) in [5, 5.41) is 0. The minimum Gasteiger partial charge on any atom is -0.298 e. The van der Waals surface area contributed by atoms with Gasteiger partial charge in [-0.15, -0.1) is 0 Å². The number of halogens is 3. The molecule has 5 heteroatoms. The average Bonchev–Trinajstić information content (AvgIpc) is 2.93. The van der Waals surface area contributed by atoms with Crippen molar-refractivity contribution in [1.82, 2.24) is 9.88 Å². The molecule has 23 heavy (non-hydrogen) atoms. The molecule has 0 aliphatic carbocycles. The molecule has 0 amide bonds. The number of aromatic nitrogens is 1. The maximum atomic E-state index is 12.6. The Bertz CT molecular complexity index is 665. The highest BCUT2D eigenvalue weighted by atomic mass is 19.4. The summed E-state index contributed by atoms with van der Waals surface area (Å²) in [4.78, 5) is 7.00. The van der Waals surface area contributed by atoms with E-state index in [1.54, 1.807) is 0 Å². The van der Waals surface area contributed by atoms with Crippen molar-refractivity contribution in [1.29, 1.82) is 0 Å². The maximum Gasteiger partial charge on any atom is 0.416 e. The van der Waals surface area contributed by atoms with Gasteiger partial charge in [-0.2, -0.15) is 13.2 Å². The summed E-state index contributed by atoms with van der Waals surface area (Å²) in [5.41, 5.74) is 2.16. The van der Waals surface area contributed by atoms with Crippen LogP contribution in [0.1, 0.15) is 41.4 Å². The van der Waals surface area contributed by atoms with E-state index in [1.165, 1.54) is 18.6 Å². The predicted molar refractivity (Wildman–Crippen MR) is 83.1 cm³/mol. The zero-order chi connectivity index (χ0) is 16.4. The van der Waals surface area contributed by atoms with Crippen LogP contribution in [-0.4, -0.2) is 23.5 Å². The predicted octanol–water partition coefficient (Wildman–Crippen LogP) is 4.46. The van der Waals surface area contributed by atoms with E-state index in [0.29, 0.717) is 12.5 Å². The standard InChI is InChI=1S/C18H19F3N2/c1-23-11-3-6-17(23)16-5-2-4-15(22-16)12-13-7-9-14(10-8-13)18(19,20)21/h2,4-5,7-10,17H,3,6,11-12H2,1H3/t17-/m0/s1. The van der Waals surface area contributed by atoms with Crippen LogP contribution in [0.15, 0.2) is 42.5 Å². The van der Waals surface area contributed by atoms with E-state index in [2.05, 4.69) is 11.9 Å². The second-order valence-corrected chi connectivity index (χ2v) is 6.06. The van der Waals surface area contributed by atoms with Crippen molar-refractivity contribution in [3.8, 4) is 0 Å². The van der Waals surface area contributed by atoms with Gasteiger partial charge < -0.3 is 0 Å². The van der Waals surface area contributed by atoms with Gasteiger partial charge in [0, 0.05) is 12.1 Å². The molecule has 1 aliphatic rings. The van der Waals surface area contributed by atoms with E-state index in [0.717, 1.165) is 42.0 Å². The molecule has 3 rings (SSSR count). The summed E-state index contributed by atoms with van der Waals surface area (Å²) in [6, 6.07) is 11.6. The second-order valence-electron chi connectivity index (χ2n) is 6.06. The van der Waals surface area contributed by atoms with Gasteiger partial charge in [-0.25, -0.2) is 0 Å². The first-order valence-corrected chi connectivity index (χ1v) is 7.76. The maximum absolute atomic E-state index is 12.6. The molecule has 2 nitrogen and oxygen atoms in total. The average molecular weight is 320 g/mol. The number of rotatable bonds is 3. The van der Waals surface area contributed by atoms with Crippen LogP contribution in [0.4, 0.5) is 13.2 Å². The number of nitrogens with zero attached hydrogens (tertiary/aromatic N) is 2. The number of hydrogen-bond acceptors (Lipinski definition) is 2. The van der Waals surface area contributed by atoms with Gasteiger partial charge in [0.15, 0.2) is 0 Å². The third kappa shape index (κ3) is 3.72. The minimum atomic E-state index is -4.29. The first kappa shape index (κ1) is 16.0. The van der Waals surface area contributed by atoms with Crippen LogP contribution in [0, 0.1) is 0 Å². The summed E-state index contributed by atoms with van der Waals surface area (Å²) in [6.45, 7) is 1.08. The Hall–Kier alpha value is -1.88. The van der Waals surface area contributed by atoms with Crippen LogP contribution in [0.2, 0.25) is 0 Å². The quantitative estimate of drug-likeness (QED) is 0.830. The molecule has 2 heterocycles. The second kappa shape index (κ2) is 6.32. The van der Waals surface area contributed by atoms with Crippen LogP contribution in [0.5, 0.6) is 0 Å². The molecule has 0 unspecified atom stereocenters. The van der Waals surface area contributed by atoms with Gasteiger partial charge in [0.25, 0.3) is 0 Å². The van der Waals surface area contributed by atoms with Crippen molar-refractivity contribution in [3.63, 3.8) is 0 Å². The fourth-order valence-corrected chi connectivity index (χ4v) is 3.09. The highest BCUT2D eigenvalue weighted by Crippen LogP contribution is 2.30. The summed E-state index contributed by atoms with van der Waals surface area (Å²) in [6.07, 6.45) is -1.47. The number of alkyl halides is 3. The summed E-state index contributed by atoms with van der Waals surface area (Å²) in [7, 11) is 2.10. The number of hydrogen-bond donors (Lipinski definition) is 0. The van der Waals surface area contributed by atoms with E-state index in [1.807, 2.05) is 18.2 Å². The van der Waals surface area contributed by atoms with Crippen LogP contribution >= 0.6 is 0 Å². The minimum absolute atomic E-state index is 0.350. The normalized spacial score (nSPS) is 19.2. The van der Waals surface area contributed by atoms with Crippen molar-refractivity contribution in [2.24, 2.45) is 0 Å². The van der Waals surface area contributed by atoms with Crippen molar-refractivity contribution in [3.05, 3.63) is 65.0 Å². The molecule has 1 fully saturated rings. The first-order chi connectivity index (χ1) is 10.9. The lowest BCUT2D eigenvalue weighted by Crippen LogP contribution is -2.18. The zero-order valence-corrected chi connectivity index (χ0v) is 13.0. The molecule has 1 saturated heterocycles. The van der Waals surface area contributed by atoms with Crippen LogP contribution in [-0.2, 0) is 12.6 Å².